The quantitative estimate of drug-likeness (QED) is 0.686. The van der Waals surface area contributed by atoms with Crippen molar-refractivity contribution in [2.75, 3.05) is 26.2 Å². The highest BCUT2D eigenvalue weighted by Gasteiger charge is 2.29. The molecule has 0 aromatic heterocycles. The first-order valence-corrected chi connectivity index (χ1v) is 9.25. The van der Waals surface area contributed by atoms with Crippen LogP contribution in [0.5, 0.6) is 5.75 Å². The Morgan fingerprint density at radius 3 is 2.08 bits per heavy atom. The van der Waals surface area contributed by atoms with Gasteiger partial charge in [-0.3, -0.25) is 0 Å². The molecule has 0 heterocycles. The summed E-state index contributed by atoms with van der Waals surface area (Å²) >= 11 is 0. The van der Waals surface area contributed by atoms with E-state index >= 15 is 0 Å². The predicted molar refractivity (Wildman–Crippen MR) is 103 cm³/mol. The molecule has 26 heavy (non-hydrogen) atoms. The first kappa shape index (κ1) is 17.0. The normalized spacial score (nSPS) is 16.3. The SMILES string of the molecule is COC(=O)c1ccc(N(C)c2cc(C3CC3)cc(C3CC3)c2)c(OC)c1. The lowest BCUT2D eigenvalue weighted by Gasteiger charge is -2.24. The lowest BCUT2D eigenvalue weighted by Crippen LogP contribution is -2.12. The second-order valence-electron chi connectivity index (χ2n) is 7.34. The second-order valence-corrected chi connectivity index (χ2v) is 7.34. The molecule has 0 saturated heterocycles. The van der Waals surface area contributed by atoms with Crippen molar-refractivity contribution in [3.8, 4) is 5.75 Å². The summed E-state index contributed by atoms with van der Waals surface area (Å²) in [5.41, 5.74) is 5.53. The van der Waals surface area contributed by atoms with Crippen LogP contribution < -0.4 is 9.64 Å². The molecule has 2 aromatic carbocycles. The third-order valence-corrected chi connectivity index (χ3v) is 5.41. The Hall–Kier alpha value is -2.49. The van der Waals surface area contributed by atoms with Gasteiger partial charge in [0.2, 0.25) is 0 Å². The molecule has 4 heteroatoms. The molecular formula is C22H25NO3. The van der Waals surface area contributed by atoms with E-state index in [1.807, 2.05) is 6.07 Å². The molecule has 4 rings (SSSR count). The molecule has 0 bridgehead atoms. The molecule has 0 aliphatic heterocycles. The lowest BCUT2D eigenvalue weighted by atomic mass is 10.0. The largest absolute Gasteiger partial charge is 0.495 e. The molecule has 0 unspecified atom stereocenters. The number of nitrogens with zero attached hydrogens (tertiary/aromatic N) is 1. The summed E-state index contributed by atoms with van der Waals surface area (Å²) in [6.07, 6.45) is 5.20. The van der Waals surface area contributed by atoms with Gasteiger partial charge in [0, 0.05) is 12.7 Å². The highest BCUT2D eigenvalue weighted by molar-refractivity contribution is 5.91. The topological polar surface area (TPSA) is 38.8 Å². The Labute approximate surface area is 154 Å². The number of benzene rings is 2. The van der Waals surface area contributed by atoms with Crippen molar-refractivity contribution in [1.29, 1.82) is 0 Å². The summed E-state index contributed by atoms with van der Waals surface area (Å²) in [4.78, 5) is 13.9. The van der Waals surface area contributed by atoms with E-state index in [-0.39, 0.29) is 5.97 Å². The van der Waals surface area contributed by atoms with Crippen LogP contribution in [0.2, 0.25) is 0 Å². The number of anilines is 2. The fraction of sp³-hybridized carbons (Fsp3) is 0.409. The molecule has 4 nitrogen and oxygen atoms in total. The van der Waals surface area contributed by atoms with Gasteiger partial charge in [0.15, 0.2) is 0 Å². The molecule has 2 aliphatic carbocycles. The number of esters is 1. The van der Waals surface area contributed by atoms with Crippen LogP contribution >= 0.6 is 0 Å². The fourth-order valence-electron chi connectivity index (χ4n) is 3.50. The zero-order chi connectivity index (χ0) is 18.3. The van der Waals surface area contributed by atoms with E-state index in [4.69, 9.17) is 9.47 Å². The maximum Gasteiger partial charge on any atom is 0.337 e. The molecule has 2 fully saturated rings. The van der Waals surface area contributed by atoms with Crippen molar-refractivity contribution >= 4 is 17.3 Å². The van der Waals surface area contributed by atoms with Gasteiger partial charge in [-0.15, -0.1) is 0 Å². The van der Waals surface area contributed by atoms with Crippen molar-refractivity contribution < 1.29 is 14.3 Å². The minimum absolute atomic E-state index is 0.357. The van der Waals surface area contributed by atoms with Crippen LogP contribution in [0.25, 0.3) is 0 Å². The number of carbonyl (C=O) groups is 1. The van der Waals surface area contributed by atoms with E-state index in [9.17, 15) is 4.79 Å². The smallest absolute Gasteiger partial charge is 0.337 e. The number of hydrogen-bond acceptors (Lipinski definition) is 4. The average molecular weight is 351 g/mol. The van der Waals surface area contributed by atoms with Gasteiger partial charge >= 0.3 is 5.97 Å². The Kier molecular flexibility index (Phi) is 4.35. The lowest BCUT2D eigenvalue weighted by molar-refractivity contribution is 0.0600. The maximum atomic E-state index is 11.8. The second kappa shape index (κ2) is 6.67. The summed E-state index contributed by atoms with van der Waals surface area (Å²) < 4.78 is 10.4. The van der Waals surface area contributed by atoms with Gasteiger partial charge in [-0.2, -0.15) is 0 Å². The van der Waals surface area contributed by atoms with Crippen molar-refractivity contribution in [2.45, 2.75) is 37.5 Å². The molecule has 136 valence electrons. The molecule has 0 amide bonds. The van der Waals surface area contributed by atoms with E-state index in [1.54, 1.807) is 19.2 Å². The zero-order valence-electron chi connectivity index (χ0n) is 15.6. The Morgan fingerprint density at radius 1 is 0.962 bits per heavy atom. The minimum atomic E-state index is -0.357. The molecule has 2 saturated carbocycles. The molecule has 0 radical (unpaired) electrons. The van der Waals surface area contributed by atoms with E-state index in [0.717, 1.165) is 17.5 Å². The standard InChI is InChI=1S/C22H25NO3/c1-23(20-9-8-16(22(24)26-3)13-21(20)25-2)19-11-17(14-4-5-14)10-18(12-19)15-6-7-15/h8-15H,4-7H2,1-3H3. The fourth-order valence-corrected chi connectivity index (χ4v) is 3.50. The summed E-state index contributed by atoms with van der Waals surface area (Å²) in [6.45, 7) is 0. The summed E-state index contributed by atoms with van der Waals surface area (Å²) in [5.74, 6) is 1.76. The van der Waals surface area contributed by atoms with Crippen LogP contribution in [0.3, 0.4) is 0 Å². The molecule has 0 N–H and O–H groups in total. The highest BCUT2D eigenvalue weighted by Crippen LogP contribution is 2.47. The molecular weight excluding hydrogens is 326 g/mol. The van der Waals surface area contributed by atoms with Crippen LogP contribution in [0.1, 0.15) is 59.0 Å². The van der Waals surface area contributed by atoms with E-state index in [2.05, 4.69) is 30.1 Å². The predicted octanol–water partition coefficient (Wildman–Crippen LogP) is 5.00. The summed E-state index contributed by atoms with van der Waals surface area (Å²) in [5, 5.41) is 0. The summed E-state index contributed by atoms with van der Waals surface area (Å²) in [6, 6.07) is 12.5. The van der Waals surface area contributed by atoms with Crippen LogP contribution in [0.4, 0.5) is 11.4 Å². The van der Waals surface area contributed by atoms with Crippen LogP contribution in [-0.2, 0) is 4.74 Å². The van der Waals surface area contributed by atoms with Crippen LogP contribution in [0.15, 0.2) is 36.4 Å². The van der Waals surface area contributed by atoms with Gasteiger partial charge in [-0.1, -0.05) is 6.07 Å². The Balaban J connectivity index is 1.70. The van der Waals surface area contributed by atoms with Gasteiger partial charge in [0.05, 0.1) is 25.5 Å². The van der Waals surface area contributed by atoms with Gasteiger partial charge in [-0.05, 0) is 79.0 Å². The third-order valence-electron chi connectivity index (χ3n) is 5.41. The maximum absolute atomic E-state index is 11.8. The molecule has 0 atom stereocenters. The Bertz CT molecular complexity index is 807. The van der Waals surface area contributed by atoms with E-state index in [1.165, 1.54) is 49.6 Å². The molecule has 2 aromatic rings. The van der Waals surface area contributed by atoms with Gasteiger partial charge in [0.25, 0.3) is 0 Å². The summed E-state index contributed by atoms with van der Waals surface area (Å²) in [7, 11) is 5.07. The zero-order valence-corrected chi connectivity index (χ0v) is 15.6. The van der Waals surface area contributed by atoms with Crippen molar-refractivity contribution in [2.24, 2.45) is 0 Å². The number of hydrogen-bond donors (Lipinski definition) is 0. The Morgan fingerprint density at radius 2 is 1.58 bits per heavy atom. The first-order chi connectivity index (χ1) is 12.6. The minimum Gasteiger partial charge on any atom is -0.495 e. The molecule has 0 spiro atoms. The number of methoxy groups -OCH3 is 2. The monoisotopic (exact) mass is 351 g/mol. The van der Waals surface area contributed by atoms with Gasteiger partial charge < -0.3 is 14.4 Å². The third kappa shape index (κ3) is 3.28. The number of ether oxygens (including phenoxy) is 2. The van der Waals surface area contributed by atoms with Gasteiger partial charge in [-0.25, -0.2) is 4.79 Å². The van der Waals surface area contributed by atoms with Crippen LogP contribution in [0, 0.1) is 0 Å². The first-order valence-electron chi connectivity index (χ1n) is 9.25. The van der Waals surface area contributed by atoms with Crippen molar-refractivity contribution in [3.05, 3.63) is 53.1 Å². The van der Waals surface area contributed by atoms with Crippen molar-refractivity contribution in [1.82, 2.24) is 0 Å². The molecule has 2 aliphatic rings. The van der Waals surface area contributed by atoms with E-state index in [0.29, 0.717) is 11.3 Å². The highest BCUT2D eigenvalue weighted by atomic mass is 16.5. The number of carbonyl (C=O) groups excluding carboxylic acids is 1. The average Bonchev–Trinajstić information content (AvgIpc) is 3.58. The van der Waals surface area contributed by atoms with Crippen LogP contribution in [-0.4, -0.2) is 27.2 Å². The van der Waals surface area contributed by atoms with E-state index < -0.39 is 0 Å². The van der Waals surface area contributed by atoms with Crippen molar-refractivity contribution in [3.63, 3.8) is 0 Å². The number of rotatable bonds is 6. The van der Waals surface area contributed by atoms with Gasteiger partial charge in [0.1, 0.15) is 5.75 Å².